The molecule has 0 saturated carbocycles. The Bertz CT molecular complexity index is 390. The van der Waals surface area contributed by atoms with Gasteiger partial charge in [-0.2, -0.15) is 0 Å². The molecule has 1 aromatic rings. The average Bonchev–Trinajstić information content (AvgIpc) is 2.29. The van der Waals surface area contributed by atoms with Crippen LogP contribution in [0.25, 0.3) is 0 Å². The lowest BCUT2D eigenvalue weighted by molar-refractivity contribution is -0.116. The number of ketones is 1. The summed E-state index contributed by atoms with van der Waals surface area (Å²) in [6, 6.07) is 5.72. The number of methoxy groups -OCH3 is 1. The largest absolute Gasteiger partial charge is 0.493 e. The van der Waals surface area contributed by atoms with Crippen molar-refractivity contribution < 1.29 is 14.3 Å². The smallest absolute Gasteiger partial charge is 0.161 e. The molecule has 1 unspecified atom stereocenters. The normalized spacial score (nSPS) is 12.0. The van der Waals surface area contributed by atoms with Crippen LogP contribution >= 0.6 is 15.9 Å². The molecule has 0 aliphatic heterocycles. The van der Waals surface area contributed by atoms with Crippen molar-refractivity contribution in [3.63, 3.8) is 0 Å². The Balaban J connectivity index is 2.87. The Kier molecular flexibility index (Phi) is 5.48. The third-order valence-electron chi connectivity index (χ3n) is 2.38. The number of hydrogen-bond donors (Lipinski definition) is 0. The molecule has 0 radical (unpaired) electrons. The summed E-state index contributed by atoms with van der Waals surface area (Å²) >= 11 is 3.36. The number of Topliss-reactive ketones (excluding diaryl/α,β-unsaturated/α-hetero) is 1. The van der Waals surface area contributed by atoms with E-state index in [0.29, 0.717) is 18.8 Å². The van der Waals surface area contributed by atoms with E-state index in [1.54, 1.807) is 14.0 Å². The number of benzene rings is 1. The number of ether oxygens (including phenoxy) is 2. The third kappa shape index (κ3) is 4.04. The first kappa shape index (κ1) is 14.0. The molecule has 0 aliphatic carbocycles. The molecule has 0 aliphatic rings. The number of halogens is 1. The van der Waals surface area contributed by atoms with E-state index < -0.39 is 0 Å². The zero-order valence-corrected chi connectivity index (χ0v) is 11.9. The van der Waals surface area contributed by atoms with Crippen molar-refractivity contribution in [3.05, 3.63) is 23.8 Å². The molecule has 0 spiro atoms. The van der Waals surface area contributed by atoms with Crippen LogP contribution in [0.4, 0.5) is 0 Å². The minimum Gasteiger partial charge on any atom is -0.493 e. The molecular weight excluding hydrogens is 284 g/mol. The predicted octanol–water partition coefficient (Wildman–Crippen LogP) is 2.99. The molecule has 17 heavy (non-hydrogen) atoms. The third-order valence-corrected chi connectivity index (χ3v) is 3.35. The van der Waals surface area contributed by atoms with Gasteiger partial charge in [0.1, 0.15) is 5.78 Å². The Morgan fingerprint density at radius 2 is 2.12 bits per heavy atom. The van der Waals surface area contributed by atoms with Crippen molar-refractivity contribution in [1.29, 1.82) is 0 Å². The van der Waals surface area contributed by atoms with E-state index in [1.165, 1.54) is 0 Å². The summed E-state index contributed by atoms with van der Waals surface area (Å²) in [5, 5.41) is 0. The van der Waals surface area contributed by atoms with Crippen molar-refractivity contribution in [2.75, 3.05) is 13.7 Å². The zero-order chi connectivity index (χ0) is 12.8. The molecule has 1 aromatic carbocycles. The van der Waals surface area contributed by atoms with Crippen LogP contribution in [0.1, 0.15) is 19.4 Å². The second-order valence-electron chi connectivity index (χ2n) is 3.70. The first-order valence-corrected chi connectivity index (χ1v) is 6.44. The number of carbonyl (C=O) groups is 1. The van der Waals surface area contributed by atoms with Gasteiger partial charge in [-0.15, -0.1) is 0 Å². The molecule has 1 atom stereocenters. The standard InChI is InChI=1S/C13H17BrO3/c1-4-17-13-8-10(5-6-12(13)16-3)7-11(14)9(2)15/h5-6,8,11H,4,7H2,1-3H3. The summed E-state index contributed by atoms with van der Waals surface area (Å²) in [7, 11) is 1.61. The van der Waals surface area contributed by atoms with Gasteiger partial charge in [0.15, 0.2) is 11.5 Å². The molecule has 3 nitrogen and oxygen atoms in total. The van der Waals surface area contributed by atoms with E-state index >= 15 is 0 Å². The molecule has 0 aromatic heterocycles. The predicted molar refractivity (Wildman–Crippen MR) is 71.3 cm³/mol. The van der Waals surface area contributed by atoms with Gasteiger partial charge in [-0.05, 0) is 38.0 Å². The minimum atomic E-state index is -0.148. The van der Waals surface area contributed by atoms with Gasteiger partial charge < -0.3 is 9.47 Å². The number of hydrogen-bond acceptors (Lipinski definition) is 3. The molecule has 4 heteroatoms. The molecule has 1 rings (SSSR count). The van der Waals surface area contributed by atoms with Crippen molar-refractivity contribution in [3.8, 4) is 11.5 Å². The quantitative estimate of drug-likeness (QED) is 0.758. The Labute approximate surface area is 110 Å². The zero-order valence-electron chi connectivity index (χ0n) is 10.3. The lowest BCUT2D eigenvalue weighted by Crippen LogP contribution is -2.12. The van der Waals surface area contributed by atoms with E-state index in [9.17, 15) is 4.79 Å². The second-order valence-corrected chi connectivity index (χ2v) is 4.81. The first-order valence-electron chi connectivity index (χ1n) is 5.52. The molecule has 0 bridgehead atoms. The maximum atomic E-state index is 11.2. The van der Waals surface area contributed by atoms with E-state index in [2.05, 4.69) is 15.9 Å². The highest BCUT2D eigenvalue weighted by Crippen LogP contribution is 2.29. The monoisotopic (exact) mass is 300 g/mol. The molecule has 0 amide bonds. The van der Waals surface area contributed by atoms with Crippen LogP contribution < -0.4 is 9.47 Å². The van der Waals surface area contributed by atoms with Gasteiger partial charge in [-0.25, -0.2) is 0 Å². The summed E-state index contributed by atoms with van der Waals surface area (Å²) in [4.78, 5) is 11.0. The van der Waals surface area contributed by atoms with Gasteiger partial charge in [0.2, 0.25) is 0 Å². The van der Waals surface area contributed by atoms with Crippen LogP contribution in [0.3, 0.4) is 0 Å². The number of rotatable bonds is 6. The lowest BCUT2D eigenvalue weighted by Gasteiger charge is -2.12. The molecule has 94 valence electrons. The second kappa shape index (κ2) is 6.64. The molecule has 0 saturated heterocycles. The lowest BCUT2D eigenvalue weighted by atomic mass is 10.1. The van der Waals surface area contributed by atoms with Gasteiger partial charge in [0.05, 0.1) is 18.5 Å². The summed E-state index contributed by atoms with van der Waals surface area (Å²) < 4.78 is 10.7. The maximum absolute atomic E-state index is 11.2. The van der Waals surface area contributed by atoms with Crippen LogP contribution in [0, 0.1) is 0 Å². The highest BCUT2D eigenvalue weighted by atomic mass is 79.9. The van der Waals surface area contributed by atoms with Crippen LogP contribution in [-0.4, -0.2) is 24.3 Å². The molecule has 0 heterocycles. The van der Waals surface area contributed by atoms with E-state index in [4.69, 9.17) is 9.47 Å². The summed E-state index contributed by atoms with van der Waals surface area (Å²) in [5.74, 6) is 1.55. The Morgan fingerprint density at radius 3 is 2.65 bits per heavy atom. The van der Waals surface area contributed by atoms with Crippen molar-refractivity contribution in [2.45, 2.75) is 25.1 Å². The first-order chi connectivity index (χ1) is 8.08. The van der Waals surface area contributed by atoms with Gasteiger partial charge >= 0.3 is 0 Å². The number of carbonyl (C=O) groups excluding carboxylic acids is 1. The molecule has 0 fully saturated rings. The van der Waals surface area contributed by atoms with Crippen molar-refractivity contribution >= 4 is 21.7 Å². The average molecular weight is 301 g/mol. The van der Waals surface area contributed by atoms with Gasteiger partial charge in [-0.1, -0.05) is 22.0 Å². The van der Waals surface area contributed by atoms with Crippen molar-refractivity contribution in [1.82, 2.24) is 0 Å². The van der Waals surface area contributed by atoms with Crippen molar-refractivity contribution in [2.24, 2.45) is 0 Å². The summed E-state index contributed by atoms with van der Waals surface area (Å²) in [6.45, 7) is 4.09. The Morgan fingerprint density at radius 1 is 1.41 bits per heavy atom. The van der Waals surface area contributed by atoms with Gasteiger partial charge in [-0.3, -0.25) is 4.79 Å². The maximum Gasteiger partial charge on any atom is 0.161 e. The number of alkyl halides is 1. The van der Waals surface area contributed by atoms with Crippen LogP contribution in [0.2, 0.25) is 0 Å². The summed E-state index contributed by atoms with van der Waals surface area (Å²) in [5.41, 5.74) is 1.05. The summed E-state index contributed by atoms with van der Waals surface area (Å²) in [6.07, 6.45) is 0.652. The minimum absolute atomic E-state index is 0.124. The van der Waals surface area contributed by atoms with Crippen LogP contribution in [0.5, 0.6) is 11.5 Å². The fraction of sp³-hybridized carbons (Fsp3) is 0.462. The highest BCUT2D eigenvalue weighted by molar-refractivity contribution is 9.10. The molecular formula is C13H17BrO3. The van der Waals surface area contributed by atoms with E-state index in [-0.39, 0.29) is 10.6 Å². The van der Waals surface area contributed by atoms with Gasteiger partial charge in [0, 0.05) is 0 Å². The van der Waals surface area contributed by atoms with Crippen LogP contribution in [0.15, 0.2) is 18.2 Å². The SMILES string of the molecule is CCOc1cc(CC(Br)C(C)=O)ccc1OC. The van der Waals surface area contributed by atoms with Crippen LogP contribution in [-0.2, 0) is 11.2 Å². The van der Waals surface area contributed by atoms with E-state index in [1.807, 2.05) is 25.1 Å². The van der Waals surface area contributed by atoms with Gasteiger partial charge in [0.25, 0.3) is 0 Å². The highest BCUT2D eigenvalue weighted by Gasteiger charge is 2.12. The molecule has 0 N–H and O–H groups in total. The topological polar surface area (TPSA) is 35.5 Å². The fourth-order valence-electron chi connectivity index (χ4n) is 1.47. The Hall–Kier alpha value is -1.03. The fourth-order valence-corrected chi connectivity index (χ4v) is 1.84. The van der Waals surface area contributed by atoms with E-state index in [0.717, 1.165) is 11.3 Å².